The number of fused-ring (bicyclic) bond motifs is 2. The number of carbonyl (C=O) groups is 2. The number of ketones is 2. The van der Waals surface area contributed by atoms with Gasteiger partial charge >= 0.3 is 0 Å². The van der Waals surface area contributed by atoms with Crippen LogP contribution in [0.25, 0.3) is 26.8 Å². The second-order valence-electron chi connectivity index (χ2n) is 7.30. The molecule has 3 heterocycles. The maximum Gasteiger partial charge on any atom is 0.196 e. The van der Waals surface area contributed by atoms with Crippen LogP contribution in [0, 0.1) is 0 Å². The van der Waals surface area contributed by atoms with Gasteiger partial charge in [-0.05, 0) is 41.1 Å². The van der Waals surface area contributed by atoms with Gasteiger partial charge in [0, 0.05) is 16.7 Å². The SMILES string of the molecule is O=C1c2ccccc2C(=O)c2c1cccc2-n1c(-c2cccs2)ccc1-c1cccs1. The molecule has 0 saturated carbocycles. The molecule has 0 radical (unpaired) electrons. The second kappa shape index (κ2) is 7.01. The van der Waals surface area contributed by atoms with Crippen LogP contribution in [0.4, 0.5) is 0 Å². The predicted octanol–water partition coefficient (Wildman–Crippen LogP) is 6.71. The molecule has 0 unspecified atom stereocenters. The van der Waals surface area contributed by atoms with Gasteiger partial charge in [-0.25, -0.2) is 0 Å². The van der Waals surface area contributed by atoms with E-state index in [1.165, 1.54) is 0 Å². The Morgan fingerprint density at radius 1 is 0.548 bits per heavy atom. The lowest BCUT2D eigenvalue weighted by atomic mass is 9.83. The maximum atomic E-state index is 13.6. The maximum absolute atomic E-state index is 13.6. The minimum absolute atomic E-state index is 0.102. The Balaban J connectivity index is 1.67. The molecule has 0 atom stereocenters. The Bertz CT molecular complexity index is 1410. The molecule has 0 bridgehead atoms. The normalized spacial score (nSPS) is 12.6. The molecule has 5 heteroatoms. The van der Waals surface area contributed by atoms with Gasteiger partial charge in [-0.3, -0.25) is 9.59 Å². The molecule has 0 spiro atoms. The van der Waals surface area contributed by atoms with E-state index in [2.05, 4.69) is 28.8 Å². The second-order valence-corrected chi connectivity index (χ2v) is 9.19. The number of nitrogens with zero attached hydrogens (tertiary/aromatic N) is 1. The van der Waals surface area contributed by atoms with Crippen molar-refractivity contribution in [2.45, 2.75) is 0 Å². The zero-order valence-electron chi connectivity index (χ0n) is 16.2. The Morgan fingerprint density at radius 2 is 1.13 bits per heavy atom. The molecule has 0 N–H and O–H groups in total. The number of aromatic nitrogens is 1. The van der Waals surface area contributed by atoms with Gasteiger partial charge in [-0.2, -0.15) is 0 Å². The van der Waals surface area contributed by atoms with E-state index in [1.54, 1.807) is 53.0 Å². The zero-order chi connectivity index (χ0) is 20.9. The van der Waals surface area contributed by atoms with Crippen LogP contribution in [-0.4, -0.2) is 16.1 Å². The van der Waals surface area contributed by atoms with Crippen molar-refractivity contribution < 1.29 is 9.59 Å². The minimum atomic E-state index is -0.108. The van der Waals surface area contributed by atoms with Crippen LogP contribution in [0.2, 0.25) is 0 Å². The molecule has 3 aromatic heterocycles. The fraction of sp³-hybridized carbons (Fsp3) is 0. The highest BCUT2D eigenvalue weighted by atomic mass is 32.1. The van der Waals surface area contributed by atoms with E-state index in [0.29, 0.717) is 22.3 Å². The van der Waals surface area contributed by atoms with E-state index >= 15 is 0 Å². The van der Waals surface area contributed by atoms with E-state index in [9.17, 15) is 9.59 Å². The van der Waals surface area contributed by atoms with E-state index in [-0.39, 0.29) is 11.6 Å². The molecule has 31 heavy (non-hydrogen) atoms. The van der Waals surface area contributed by atoms with Gasteiger partial charge in [-0.1, -0.05) is 48.5 Å². The molecule has 5 aromatic rings. The molecular formula is C26H15NO2S2. The van der Waals surface area contributed by atoms with Gasteiger partial charge in [0.2, 0.25) is 0 Å². The lowest BCUT2D eigenvalue weighted by Crippen LogP contribution is -2.23. The fourth-order valence-corrected chi connectivity index (χ4v) is 5.72. The lowest BCUT2D eigenvalue weighted by molar-refractivity contribution is 0.0979. The van der Waals surface area contributed by atoms with Crippen molar-refractivity contribution in [3.05, 3.63) is 112 Å². The highest BCUT2D eigenvalue weighted by molar-refractivity contribution is 7.14. The van der Waals surface area contributed by atoms with Crippen molar-refractivity contribution in [2.24, 2.45) is 0 Å². The number of thiophene rings is 2. The summed E-state index contributed by atoms with van der Waals surface area (Å²) in [5.74, 6) is -0.210. The van der Waals surface area contributed by atoms with Crippen LogP contribution in [0.1, 0.15) is 31.8 Å². The molecule has 0 aliphatic heterocycles. The third-order valence-corrected chi connectivity index (χ3v) is 7.38. The first-order valence-electron chi connectivity index (χ1n) is 9.85. The van der Waals surface area contributed by atoms with Crippen molar-refractivity contribution in [1.29, 1.82) is 0 Å². The van der Waals surface area contributed by atoms with E-state index < -0.39 is 0 Å². The molecule has 1 aliphatic carbocycles. The highest BCUT2D eigenvalue weighted by Crippen LogP contribution is 2.39. The average Bonchev–Trinajstić information content (AvgIpc) is 3.57. The van der Waals surface area contributed by atoms with E-state index in [0.717, 1.165) is 26.8 Å². The quantitative estimate of drug-likeness (QED) is 0.309. The van der Waals surface area contributed by atoms with Gasteiger partial charge in [0.25, 0.3) is 0 Å². The molecule has 0 amide bonds. The summed E-state index contributed by atoms with van der Waals surface area (Å²) in [4.78, 5) is 29.1. The predicted molar refractivity (Wildman–Crippen MR) is 126 cm³/mol. The minimum Gasteiger partial charge on any atom is -0.307 e. The monoisotopic (exact) mass is 437 g/mol. The van der Waals surface area contributed by atoms with Crippen LogP contribution in [0.15, 0.2) is 89.6 Å². The fourth-order valence-electron chi connectivity index (χ4n) is 4.24. The molecule has 0 saturated heterocycles. The third-order valence-electron chi connectivity index (χ3n) is 5.60. The first-order valence-corrected chi connectivity index (χ1v) is 11.6. The number of carbonyl (C=O) groups excluding carboxylic acids is 2. The molecule has 3 nitrogen and oxygen atoms in total. The summed E-state index contributed by atoms with van der Waals surface area (Å²) in [6.07, 6.45) is 0. The first-order chi connectivity index (χ1) is 15.2. The van der Waals surface area contributed by atoms with Crippen molar-refractivity contribution in [2.75, 3.05) is 0 Å². The molecule has 148 valence electrons. The molecule has 0 fully saturated rings. The van der Waals surface area contributed by atoms with Crippen LogP contribution in [0.5, 0.6) is 0 Å². The van der Waals surface area contributed by atoms with Crippen LogP contribution in [0.3, 0.4) is 0 Å². The van der Waals surface area contributed by atoms with Crippen molar-refractivity contribution in [3.63, 3.8) is 0 Å². The molecular weight excluding hydrogens is 422 g/mol. The Labute approximate surface area is 186 Å². The number of benzene rings is 2. The summed E-state index contributed by atoms with van der Waals surface area (Å²) in [6, 6.07) is 25.0. The Morgan fingerprint density at radius 3 is 1.71 bits per heavy atom. The Hall–Kier alpha value is -3.54. The molecule has 6 rings (SSSR count). The molecule has 2 aromatic carbocycles. The standard InChI is InChI=1S/C26H15NO2S2/c28-25-16-6-1-2-7-17(16)26(29)24-18(25)8-3-9-21(24)27-19(22-10-4-14-30-22)12-13-20(27)23-11-5-15-31-23/h1-15H. The van der Waals surface area contributed by atoms with Gasteiger partial charge in [0.1, 0.15) is 0 Å². The highest BCUT2D eigenvalue weighted by Gasteiger charge is 2.32. The average molecular weight is 438 g/mol. The number of hydrogen-bond acceptors (Lipinski definition) is 4. The first kappa shape index (κ1) is 18.2. The van der Waals surface area contributed by atoms with Crippen molar-refractivity contribution in [1.82, 2.24) is 4.57 Å². The van der Waals surface area contributed by atoms with E-state index in [4.69, 9.17) is 0 Å². The molecule has 1 aliphatic rings. The van der Waals surface area contributed by atoms with Gasteiger partial charge in [0.05, 0.1) is 32.4 Å². The van der Waals surface area contributed by atoms with Gasteiger partial charge in [0.15, 0.2) is 11.6 Å². The number of hydrogen-bond donors (Lipinski definition) is 0. The van der Waals surface area contributed by atoms with E-state index in [1.807, 2.05) is 35.0 Å². The van der Waals surface area contributed by atoms with Crippen molar-refractivity contribution in [3.8, 4) is 26.8 Å². The smallest absolute Gasteiger partial charge is 0.196 e. The lowest BCUT2D eigenvalue weighted by Gasteiger charge is -2.22. The Kier molecular flexibility index (Phi) is 4.13. The summed E-state index contributed by atoms with van der Waals surface area (Å²) in [5, 5.41) is 4.09. The third kappa shape index (κ3) is 2.71. The van der Waals surface area contributed by atoms with Crippen LogP contribution >= 0.6 is 22.7 Å². The topological polar surface area (TPSA) is 39.1 Å². The summed E-state index contributed by atoms with van der Waals surface area (Å²) in [6.45, 7) is 0. The van der Waals surface area contributed by atoms with Gasteiger partial charge < -0.3 is 4.57 Å². The summed E-state index contributed by atoms with van der Waals surface area (Å²) < 4.78 is 2.12. The summed E-state index contributed by atoms with van der Waals surface area (Å²) >= 11 is 3.31. The van der Waals surface area contributed by atoms with Crippen molar-refractivity contribution >= 4 is 34.2 Å². The largest absolute Gasteiger partial charge is 0.307 e. The zero-order valence-corrected chi connectivity index (χ0v) is 17.9. The summed E-state index contributed by atoms with van der Waals surface area (Å²) in [7, 11) is 0. The van der Waals surface area contributed by atoms with Gasteiger partial charge in [-0.15, -0.1) is 22.7 Å². The van der Waals surface area contributed by atoms with Crippen LogP contribution in [-0.2, 0) is 0 Å². The summed E-state index contributed by atoms with van der Waals surface area (Å²) in [5.41, 5.74) is 4.62. The van der Waals surface area contributed by atoms with Crippen LogP contribution < -0.4 is 0 Å². The number of rotatable bonds is 3.